The van der Waals surface area contributed by atoms with Gasteiger partial charge in [0.05, 0.1) is 30.1 Å². The van der Waals surface area contributed by atoms with Gasteiger partial charge in [0.2, 0.25) is 0 Å². The summed E-state index contributed by atoms with van der Waals surface area (Å²) in [6.45, 7) is 9.41. The third-order valence-corrected chi connectivity index (χ3v) is 4.96. The van der Waals surface area contributed by atoms with E-state index in [-0.39, 0.29) is 6.61 Å². The smallest absolute Gasteiger partial charge is 0.101 e. The summed E-state index contributed by atoms with van der Waals surface area (Å²) in [6, 6.07) is 10.1. The monoisotopic (exact) mass is 339 g/mol. The lowest BCUT2D eigenvalue weighted by molar-refractivity contribution is 0.248. The molecule has 3 rings (SSSR count). The molecule has 1 aliphatic heterocycles. The van der Waals surface area contributed by atoms with Crippen LogP contribution in [0.3, 0.4) is 0 Å². The number of anilines is 1. The van der Waals surface area contributed by atoms with E-state index in [0.29, 0.717) is 6.54 Å². The van der Waals surface area contributed by atoms with E-state index in [4.69, 9.17) is 5.11 Å². The molecule has 0 unspecified atom stereocenters. The van der Waals surface area contributed by atoms with Crippen LogP contribution in [-0.2, 0) is 13.1 Å². The summed E-state index contributed by atoms with van der Waals surface area (Å²) < 4.78 is 1.89. The van der Waals surface area contributed by atoms with E-state index >= 15 is 0 Å². The molecule has 6 heteroatoms. The molecule has 1 saturated heterocycles. The van der Waals surface area contributed by atoms with Crippen molar-refractivity contribution in [2.75, 3.05) is 37.7 Å². The van der Waals surface area contributed by atoms with Gasteiger partial charge in [0, 0.05) is 44.0 Å². The first-order valence-corrected chi connectivity index (χ1v) is 8.74. The van der Waals surface area contributed by atoms with Gasteiger partial charge in [-0.25, -0.2) is 0 Å². The minimum absolute atomic E-state index is 0.109. The van der Waals surface area contributed by atoms with Crippen LogP contribution >= 0.6 is 0 Å². The Labute approximate surface area is 148 Å². The van der Waals surface area contributed by atoms with Gasteiger partial charge in [-0.2, -0.15) is 10.4 Å². The van der Waals surface area contributed by atoms with Crippen molar-refractivity contribution >= 4 is 5.69 Å². The summed E-state index contributed by atoms with van der Waals surface area (Å²) >= 11 is 0. The van der Waals surface area contributed by atoms with E-state index in [1.54, 1.807) is 0 Å². The van der Waals surface area contributed by atoms with E-state index < -0.39 is 0 Å². The van der Waals surface area contributed by atoms with Gasteiger partial charge in [-0.15, -0.1) is 0 Å². The molecule has 0 bridgehead atoms. The van der Waals surface area contributed by atoms with Crippen molar-refractivity contribution in [1.82, 2.24) is 14.7 Å². The summed E-state index contributed by atoms with van der Waals surface area (Å²) in [5.74, 6) is 0. The minimum atomic E-state index is 0.109. The van der Waals surface area contributed by atoms with Crippen molar-refractivity contribution in [2.45, 2.75) is 26.9 Å². The largest absolute Gasteiger partial charge is 0.394 e. The molecule has 0 amide bonds. The highest BCUT2D eigenvalue weighted by Crippen LogP contribution is 2.22. The van der Waals surface area contributed by atoms with Gasteiger partial charge in [-0.1, -0.05) is 12.1 Å². The number of hydrogen-bond acceptors (Lipinski definition) is 5. The molecular weight excluding hydrogens is 314 g/mol. The van der Waals surface area contributed by atoms with Crippen molar-refractivity contribution in [2.24, 2.45) is 0 Å². The van der Waals surface area contributed by atoms with E-state index in [9.17, 15) is 5.26 Å². The number of nitriles is 1. The highest BCUT2D eigenvalue weighted by Gasteiger charge is 2.21. The van der Waals surface area contributed by atoms with Crippen LogP contribution in [0.25, 0.3) is 0 Å². The molecule has 132 valence electrons. The van der Waals surface area contributed by atoms with Crippen LogP contribution in [0.1, 0.15) is 22.5 Å². The van der Waals surface area contributed by atoms with E-state index in [1.165, 1.54) is 5.56 Å². The number of aliphatic hydroxyl groups is 1. The van der Waals surface area contributed by atoms with Gasteiger partial charge < -0.3 is 10.0 Å². The average Bonchev–Trinajstić information content (AvgIpc) is 2.90. The maximum atomic E-state index is 9.29. The number of benzene rings is 1. The topological polar surface area (TPSA) is 68.3 Å². The quantitative estimate of drug-likeness (QED) is 0.898. The van der Waals surface area contributed by atoms with Crippen LogP contribution in [0.4, 0.5) is 5.69 Å². The number of para-hydroxylation sites is 1. The summed E-state index contributed by atoms with van der Waals surface area (Å²) in [4.78, 5) is 4.73. The summed E-state index contributed by atoms with van der Waals surface area (Å²) in [7, 11) is 0. The predicted octanol–water partition coefficient (Wildman–Crippen LogP) is 1.69. The molecule has 0 atom stereocenters. The molecule has 1 aromatic carbocycles. The van der Waals surface area contributed by atoms with Gasteiger partial charge in [0.15, 0.2) is 0 Å². The molecule has 0 radical (unpaired) electrons. The third kappa shape index (κ3) is 3.68. The fourth-order valence-corrected chi connectivity index (χ4v) is 3.49. The van der Waals surface area contributed by atoms with E-state index in [0.717, 1.165) is 55.4 Å². The van der Waals surface area contributed by atoms with E-state index in [1.807, 2.05) is 35.9 Å². The Balaban J connectivity index is 1.65. The molecule has 1 aromatic heterocycles. The fourth-order valence-electron chi connectivity index (χ4n) is 3.49. The molecule has 0 aliphatic carbocycles. The zero-order chi connectivity index (χ0) is 17.8. The number of aryl methyl sites for hydroxylation is 1. The third-order valence-electron chi connectivity index (χ3n) is 4.96. The Morgan fingerprint density at radius 2 is 1.88 bits per heavy atom. The molecular formula is C19H25N5O. The second kappa shape index (κ2) is 7.68. The Morgan fingerprint density at radius 3 is 2.56 bits per heavy atom. The number of rotatable bonds is 5. The van der Waals surface area contributed by atoms with Crippen LogP contribution < -0.4 is 4.90 Å². The lowest BCUT2D eigenvalue weighted by atomic mass is 10.1. The molecule has 0 saturated carbocycles. The summed E-state index contributed by atoms with van der Waals surface area (Å²) in [5, 5.41) is 23.0. The maximum Gasteiger partial charge on any atom is 0.101 e. The second-order valence-corrected chi connectivity index (χ2v) is 6.49. The zero-order valence-corrected chi connectivity index (χ0v) is 14.9. The first-order chi connectivity index (χ1) is 12.1. The minimum Gasteiger partial charge on any atom is -0.394 e. The highest BCUT2D eigenvalue weighted by atomic mass is 16.3. The van der Waals surface area contributed by atoms with Gasteiger partial charge in [-0.05, 0) is 26.0 Å². The zero-order valence-electron chi connectivity index (χ0n) is 14.9. The number of nitrogens with zero attached hydrogens (tertiary/aromatic N) is 5. The number of piperazine rings is 1. The van der Waals surface area contributed by atoms with Crippen LogP contribution in [0, 0.1) is 25.2 Å². The van der Waals surface area contributed by atoms with Crippen molar-refractivity contribution in [3.8, 4) is 6.07 Å². The van der Waals surface area contributed by atoms with Gasteiger partial charge >= 0.3 is 0 Å². The molecule has 2 aromatic rings. The first-order valence-electron chi connectivity index (χ1n) is 8.74. The van der Waals surface area contributed by atoms with Crippen LogP contribution in [0.15, 0.2) is 24.3 Å². The molecule has 1 aliphatic rings. The lowest BCUT2D eigenvalue weighted by Crippen LogP contribution is -2.46. The molecule has 1 fully saturated rings. The van der Waals surface area contributed by atoms with Crippen LogP contribution in [0.2, 0.25) is 0 Å². The molecule has 25 heavy (non-hydrogen) atoms. The van der Waals surface area contributed by atoms with Crippen molar-refractivity contribution in [3.05, 3.63) is 46.8 Å². The van der Waals surface area contributed by atoms with Gasteiger partial charge in [0.1, 0.15) is 6.07 Å². The number of aromatic nitrogens is 2. The van der Waals surface area contributed by atoms with Gasteiger partial charge in [0.25, 0.3) is 0 Å². The van der Waals surface area contributed by atoms with Crippen molar-refractivity contribution in [3.63, 3.8) is 0 Å². The van der Waals surface area contributed by atoms with Crippen molar-refractivity contribution in [1.29, 1.82) is 5.26 Å². The SMILES string of the molecule is Cc1nn(CCO)c(C)c1CN1CCN(c2ccccc2C#N)CC1. The Hall–Kier alpha value is -2.36. The van der Waals surface area contributed by atoms with Gasteiger partial charge in [-0.3, -0.25) is 9.58 Å². The second-order valence-electron chi connectivity index (χ2n) is 6.49. The molecule has 6 nitrogen and oxygen atoms in total. The van der Waals surface area contributed by atoms with Crippen LogP contribution in [-0.4, -0.2) is 52.6 Å². The maximum absolute atomic E-state index is 9.29. The highest BCUT2D eigenvalue weighted by molar-refractivity contribution is 5.59. The van der Waals surface area contributed by atoms with Crippen molar-refractivity contribution < 1.29 is 5.11 Å². The summed E-state index contributed by atoms with van der Waals surface area (Å²) in [5.41, 5.74) is 5.23. The van der Waals surface area contributed by atoms with E-state index in [2.05, 4.69) is 27.9 Å². The normalized spacial score (nSPS) is 15.4. The average molecular weight is 339 g/mol. The standard InChI is InChI=1S/C19H25N5O/c1-15-18(16(2)24(21-15)11-12-25)14-22-7-9-23(10-8-22)19-6-4-3-5-17(19)13-20/h3-6,25H,7-12,14H2,1-2H3. The Morgan fingerprint density at radius 1 is 1.16 bits per heavy atom. The fraction of sp³-hybridized carbons (Fsp3) is 0.474. The summed E-state index contributed by atoms with van der Waals surface area (Å²) in [6.07, 6.45) is 0. The number of aliphatic hydroxyl groups excluding tert-OH is 1. The van der Waals surface area contributed by atoms with Crippen LogP contribution in [0.5, 0.6) is 0 Å². The molecule has 1 N–H and O–H groups in total. The Kier molecular flexibility index (Phi) is 5.37. The predicted molar refractivity (Wildman–Crippen MR) is 97.4 cm³/mol. The Bertz CT molecular complexity index is 769. The lowest BCUT2D eigenvalue weighted by Gasteiger charge is -2.36. The molecule has 2 heterocycles. The number of hydrogen-bond donors (Lipinski definition) is 1. The first kappa shape index (κ1) is 17.5. The molecule has 0 spiro atoms.